The second kappa shape index (κ2) is 6.32. The van der Waals surface area contributed by atoms with Crippen molar-refractivity contribution in [2.75, 3.05) is 0 Å². The Hall–Kier alpha value is -1.67. The summed E-state index contributed by atoms with van der Waals surface area (Å²) >= 11 is 0. The van der Waals surface area contributed by atoms with Gasteiger partial charge in [0.2, 0.25) is 0 Å². The van der Waals surface area contributed by atoms with Crippen molar-refractivity contribution in [1.29, 1.82) is 0 Å². The van der Waals surface area contributed by atoms with E-state index in [4.69, 9.17) is 0 Å². The van der Waals surface area contributed by atoms with Crippen LogP contribution >= 0.6 is 0 Å². The van der Waals surface area contributed by atoms with Gasteiger partial charge in [0.1, 0.15) is 0 Å². The van der Waals surface area contributed by atoms with Crippen molar-refractivity contribution < 1.29 is 4.79 Å². The van der Waals surface area contributed by atoms with Crippen molar-refractivity contribution in [1.82, 2.24) is 0 Å². The Morgan fingerprint density at radius 3 is 2.12 bits per heavy atom. The van der Waals surface area contributed by atoms with E-state index in [1.807, 2.05) is 0 Å². The number of ketones is 1. The molecule has 3 rings (SSSR count). The van der Waals surface area contributed by atoms with Crippen LogP contribution in [0.25, 0.3) is 0 Å². The fraction of sp³-hybridized carbons (Fsp3) is 0.409. The number of rotatable bonds is 5. The second-order valence-electron chi connectivity index (χ2n) is 7.21. The summed E-state index contributed by atoms with van der Waals surface area (Å²) in [5.74, 6) is 0.346. The van der Waals surface area contributed by atoms with E-state index in [1.54, 1.807) is 0 Å². The van der Waals surface area contributed by atoms with Crippen molar-refractivity contribution in [2.24, 2.45) is 0 Å². The van der Waals surface area contributed by atoms with E-state index in [-0.39, 0.29) is 5.04 Å². The summed E-state index contributed by atoms with van der Waals surface area (Å²) in [5, 5.41) is -0.0645. The lowest BCUT2D eigenvalue weighted by atomic mass is 9.91. The first-order valence-electron chi connectivity index (χ1n) is 9.25. The molecular weight excluding hydrogens is 308 g/mol. The van der Waals surface area contributed by atoms with Crippen LogP contribution in [0.5, 0.6) is 0 Å². The van der Waals surface area contributed by atoms with E-state index >= 15 is 0 Å². The normalized spacial score (nSPS) is 20.2. The van der Waals surface area contributed by atoms with Crippen molar-refractivity contribution >= 4 is 13.9 Å². The molecular formula is C22H28OSi. The fourth-order valence-corrected chi connectivity index (χ4v) is 10.6. The quantitative estimate of drug-likeness (QED) is 0.620. The van der Waals surface area contributed by atoms with Crippen LogP contribution in [0.15, 0.2) is 48.5 Å². The predicted octanol–water partition coefficient (Wildman–Crippen LogP) is 5.92. The number of fused-ring (bicyclic) bond motifs is 1. The topological polar surface area (TPSA) is 17.1 Å². The molecule has 2 aromatic rings. The molecule has 0 saturated heterocycles. The summed E-state index contributed by atoms with van der Waals surface area (Å²) in [7, 11) is -1.71. The fourth-order valence-electron chi connectivity index (χ4n) is 5.23. The summed E-state index contributed by atoms with van der Waals surface area (Å²) in [6, 6.07) is 21.0. The van der Waals surface area contributed by atoms with Gasteiger partial charge in [-0.2, -0.15) is 0 Å². The highest BCUT2D eigenvalue weighted by Crippen LogP contribution is 2.54. The molecule has 0 saturated carbocycles. The molecule has 0 bridgehead atoms. The molecule has 0 amide bonds. The van der Waals surface area contributed by atoms with E-state index in [2.05, 4.69) is 76.2 Å². The van der Waals surface area contributed by atoms with Crippen LogP contribution in [0.3, 0.4) is 0 Å². The van der Waals surface area contributed by atoms with Crippen LogP contribution < -0.4 is 0 Å². The predicted molar refractivity (Wildman–Crippen MR) is 105 cm³/mol. The summed E-state index contributed by atoms with van der Waals surface area (Å²) < 4.78 is 0. The Balaban J connectivity index is 2.40. The Kier molecular flexibility index (Phi) is 4.52. The van der Waals surface area contributed by atoms with Gasteiger partial charge in [-0.05, 0) is 23.6 Å². The van der Waals surface area contributed by atoms with Gasteiger partial charge in [0.05, 0.1) is 8.07 Å². The third-order valence-electron chi connectivity index (χ3n) is 6.64. The van der Waals surface area contributed by atoms with E-state index in [1.165, 1.54) is 29.3 Å². The molecule has 1 nitrogen and oxygen atoms in total. The highest BCUT2D eigenvalue weighted by Gasteiger charge is 2.57. The van der Waals surface area contributed by atoms with Crippen molar-refractivity contribution in [2.45, 2.75) is 57.3 Å². The Labute approximate surface area is 147 Å². The molecule has 1 atom stereocenters. The van der Waals surface area contributed by atoms with Gasteiger partial charge in [-0.1, -0.05) is 87.4 Å². The molecule has 0 spiro atoms. The average molecular weight is 337 g/mol. The molecule has 1 aliphatic rings. The maximum Gasteiger partial charge on any atom is 0.164 e. The van der Waals surface area contributed by atoms with Gasteiger partial charge in [0.15, 0.2) is 5.78 Å². The zero-order valence-corrected chi connectivity index (χ0v) is 16.4. The van der Waals surface area contributed by atoms with Gasteiger partial charge in [-0.25, -0.2) is 0 Å². The third kappa shape index (κ3) is 2.16. The largest absolute Gasteiger partial charge is 0.294 e. The second-order valence-corrected chi connectivity index (χ2v) is 12.7. The highest BCUT2D eigenvalue weighted by molar-refractivity contribution is 6.83. The molecule has 0 aromatic heterocycles. The SMILES string of the molecule is CC[Si](CC)(CC)[C@@]1(c2ccccc2)CC(=O)c2c(C)cccc21. The Morgan fingerprint density at radius 2 is 1.54 bits per heavy atom. The first-order valence-corrected chi connectivity index (χ1v) is 11.9. The molecule has 24 heavy (non-hydrogen) atoms. The Bertz CT molecular complexity index is 738. The molecule has 1 aliphatic carbocycles. The zero-order valence-electron chi connectivity index (χ0n) is 15.4. The molecule has 0 unspecified atom stereocenters. The number of hydrogen-bond acceptors (Lipinski definition) is 1. The number of Topliss-reactive ketones (excluding diaryl/α,β-unsaturated/α-hetero) is 1. The average Bonchev–Trinajstić information content (AvgIpc) is 2.93. The van der Waals surface area contributed by atoms with Gasteiger partial charge in [0.25, 0.3) is 0 Å². The Morgan fingerprint density at radius 1 is 0.917 bits per heavy atom. The highest BCUT2D eigenvalue weighted by atomic mass is 28.3. The van der Waals surface area contributed by atoms with E-state index in [0.29, 0.717) is 12.2 Å². The van der Waals surface area contributed by atoms with Gasteiger partial charge in [-0.15, -0.1) is 0 Å². The monoisotopic (exact) mass is 336 g/mol. The van der Waals surface area contributed by atoms with Gasteiger partial charge >= 0.3 is 0 Å². The number of carbonyl (C=O) groups is 1. The van der Waals surface area contributed by atoms with E-state index in [9.17, 15) is 4.79 Å². The molecule has 0 N–H and O–H groups in total. The molecule has 0 heterocycles. The van der Waals surface area contributed by atoms with Crippen LogP contribution in [-0.2, 0) is 5.04 Å². The van der Waals surface area contributed by atoms with Crippen molar-refractivity contribution in [3.8, 4) is 0 Å². The first-order chi connectivity index (χ1) is 11.6. The summed E-state index contributed by atoms with van der Waals surface area (Å²) in [5.41, 5.74) is 4.82. The zero-order chi connectivity index (χ0) is 17.4. The smallest absolute Gasteiger partial charge is 0.164 e. The summed E-state index contributed by atoms with van der Waals surface area (Å²) in [6.07, 6.45) is 0.666. The molecule has 0 aliphatic heterocycles. The number of carbonyl (C=O) groups excluding carboxylic acids is 1. The first kappa shape index (κ1) is 17.2. The van der Waals surface area contributed by atoms with Crippen LogP contribution in [0.1, 0.15) is 54.2 Å². The number of aryl methyl sites for hydroxylation is 1. The van der Waals surface area contributed by atoms with Crippen molar-refractivity contribution in [3.05, 3.63) is 70.8 Å². The lowest BCUT2D eigenvalue weighted by Gasteiger charge is -2.47. The molecule has 2 aromatic carbocycles. The van der Waals surface area contributed by atoms with Gasteiger partial charge in [0, 0.05) is 17.0 Å². The molecule has 126 valence electrons. The maximum absolute atomic E-state index is 13.1. The standard InChI is InChI=1S/C22H28OSi/c1-5-24(6-2,7-3)22(18-13-9-8-10-14-18)16-20(23)21-17(4)12-11-15-19(21)22/h8-15H,5-7,16H2,1-4H3/t22-/m1/s1. The molecule has 0 radical (unpaired) electrons. The van der Waals surface area contributed by atoms with E-state index in [0.717, 1.165) is 11.1 Å². The van der Waals surface area contributed by atoms with Gasteiger partial charge in [-0.3, -0.25) is 4.79 Å². The van der Waals surface area contributed by atoms with Crippen molar-refractivity contribution in [3.63, 3.8) is 0 Å². The third-order valence-corrected chi connectivity index (χ3v) is 13.2. The molecule has 2 heteroatoms. The minimum Gasteiger partial charge on any atom is -0.294 e. The van der Waals surface area contributed by atoms with Gasteiger partial charge < -0.3 is 0 Å². The summed E-state index contributed by atoms with van der Waals surface area (Å²) in [6.45, 7) is 9.14. The number of benzene rings is 2. The molecule has 0 fully saturated rings. The minimum absolute atomic E-state index is 0.0645. The van der Waals surface area contributed by atoms with Crippen LogP contribution in [0.4, 0.5) is 0 Å². The van der Waals surface area contributed by atoms with Crippen LogP contribution in [0.2, 0.25) is 18.1 Å². The van der Waals surface area contributed by atoms with Crippen LogP contribution in [0, 0.1) is 6.92 Å². The van der Waals surface area contributed by atoms with Crippen LogP contribution in [-0.4, -0.2) is 13.9 Å². The van der Waals surface area contributed by atoms with E-state index < -0.39 is 8.07 Å². The maximum atomic E-state index is 13.1. The lowest BCUT2D eigenvalue weighted by molar-refractivity contribution is 0.0986. The summed E-state index contributed by atoms with van der Waals surface area (Å²) in [4.78, 5) is 13.1. The number of hydrogen-bond donors (Lipinski definition) is 0. The lowest BCUT2D eigenvalue weighted by Crippen LogP contribution is -2.54. The minimum atomic E-state index is -1.71.